The molecule has 2 unspecified atom stereocenters. The molecule has 2 saturated heterocycles. The topological polar surface area (TPSA) is 55.6 Å². The van der Waals surface area contributed by atoms with Crippen LogP contribution in [0.25, 0.3) is 22.3 Å². The van der Waals surface area contributed by atoms with Crippen LogP contribution in [-0.2, 0) is 0 Å². The molecule has 2 aromatic heterocycles. The van der Waals surface area contributed by atoms with Crippen LogP contribution < -0.4 is 21.3 Å². The normalized spacial score (nSPS) is 23.4. The second-order valence-electron chi connectivity index (χ2n) is 13.6. The molecule has 4 aromatic carbocycles. The fourth-order valence-corrected chi connectivity index (χ4v) is 8.58. The minimum atomic E-state index is 0.0482. The molecule has 0 aliphatic carbocycles. The number of benzene rings is 4. The highest BCUT2D eigenvalue weighted by Crippen LogP contribution is 2.39. The number of aromatic amines is 2. The third kappa shape index (κ3) is 6.28. The Hall–Kier alpha value is -4.58. The van der Waals surface area contributed by atoms with Gasteiger partial charge in [-0.15, -0.1) is 0 Å². The molecular formula is C44H34Cl4N4. The minimum Gasteiger partial charge on any atom is -0.381 e. The number of halogens is 4. The molecule has 5 heterocycles. The van der Waals surface area contributed by atoms with E-state index in [0.717, 1.165) is 81.2 Å². The number of H-pyrrole nitrogens is 2. The Balaban J connectivity index is 1.34. The van der Waals surface area contributed by atoms with E-state index in [1.807, 2.05) is 48.5 Å². The molecule has 0 amide bonds. The third-order valence-corrected chi connectivity index (χ3v) is 11.4. The first kappa shape index (κ1) is 33.3. The molecule has 2 fully saturated rings. The Morgan fingerprint density at radius 3 is 1.10 bits per heavy atom. The molecule has 6 aromatic rings. The summed E-state index contributed by atoms with van der Waals surface area (Å²) in [4.78, 5) is 7.77. The largest absolute Gasteiger partial charge is 0.381 e. The molecule has 258 valence electrons. The van der Waals surface area contributed by atoms with Crippen molar-refractivity contribution >= 4 is 68.7 Å². The fourth-order valence-electron chi connectivity index (χ4n) is 8.08. The lowest BCUT2D eigenvalue weighted by Crippen LogP contribution is -2.31. The van der Waals surface area contributed by atoms with Crippen molar-refractivity contribution in [3.63, 3.8) is 0 Å². The molecule has 0 radical (unpaired) electrons. The molecule has 2 atom stereocenters. The summed E-state index contributed by atoms with van der Waals surface area (Å²) in [6.45, 7) is 0. The first-order chi connectivity index (χ1) is 25.4. The number of allylic oxidation sites excluding steroid dienone is 2. The average molecular weight is 761 g/mol. The monoisotopic (exact) mass is 758 g/mol. The van der Waals surface area contributed by atoms with Crippen molar-refractivity contribution in [2.75, 3.05) is 0 Å². The molecule has 0 spiro atoms. The predicted octanol–water partition coefficient (Wildman–Crippen LogP) is 10.1. The van der Waals surface area contributed by atoms with Gasteiger partial charge in [0.05, 0.1) is 12.1 Å². The van der Waals surface area contributed by atoms with Crippen LogP contribution in [0.2, 0.25) is 20.1 Å². The van der Waals surface area contributed by atoms with Crippen molar-refractivity contribution < 1.29 is 0 Å². The standard InChI is InChI=1S/C44H34Cl4N4/c45-29-9-1-25(2-10-29)41-33-17-19-35(49-33)42(26-3-11-30(46)12-4-26)37-21-23-39(51-37)44(28-7-15-32(48)16-8-28)40-24-22-38(52-40)43(36-20-18-34(41)50-36)27-5-13-31(47)14-6-27/h1-17,19,22,24,34,37,49-52H,18,20-21,23H2/b41-33-,42-35-,43-36-,44-39-. The Kier molecular flexibility index (Phi) is 8.80. The van der Waals surface area contributed by atoms with E-state index in [1.54, 1.807) is 0 Å². The molecule has 3 aliphatic heterocycles. The van der Waals surface area contributed by atoms with Gasteiger partial charge in [-0.1, -0.05) is 94.9 Å². The number of nitrogens with one attached hydrogen (secondary N) is 4. The van der Waals surface area contributed by atoms with E-state index < -0.39 is 0 Å². The summed E-state index contributed by atoms with van der Waals surface area (Å²) < 4.78 is 0. The van der Waals surface area contributed by atoms with Gasteiger partial charge in [0.25, 0.3) is 0 Å². The van der Waals surface area contributed by atoms with Crippen molar-refractivity contribution in [1.82, 2.24) is 20.6 Å². The smallest absolute Gasteiger partial charge is 0.0541 e. The van der Waals surface area contributed by atoms with Gasteiger partial charge in [-0.05, 0) is 121 Å². The molecule has 8 bridgehead atoms. The van der Waals surface area contributed by atoms with E-state index in [4.69, 9.17) is 46.4 Å². The Bertz CT molecular complexity index is 2320. The van der Waals surface area contributed by atoms with E-state index in [2.05, 4.69) is 93.4 Å². The number of hydrogen-bond acceptors (Lipinski definition) is 2. The highest BCUT2D eigenvalue weighted by atomic mass is 35.5. The summed E-state index contributed by atoms with van der Waals surface area (Å²) in [6, 6.07) is 41.6. The third-order valence-electron chi connectivity index (χ3n) is 10.4. The SMILES string of the molecule is Clc1ccc(/C2=C3\CCC(N3)/C(c3ccc(Cl)cc3)=c3/cc/c([nH]3)=C(\c3ccc(Cl)cc3)C3CC/C(=C(\c4ccc(Cl)cc4)c4ccc2[nH]4)N3)cc1. The summed E-state index contributed by atoms with van der Waals surface area (Å²) in [5.74, 6) is 0. The lowest BCUT2D eigenvalue weighted by atomic mass is 9.96. The van der Waals surface area contributed by atoms with Gasteiger partial charge < -0.3 is 20.6 Å². The number of hydrogen-bond donors (Lipinski definition) is 4. The Labute approximate surface area is 322 Å². The van der Waals surface area contributed by atoms with Crippen LogP contribution in [0.15, 0.2) is 133 Å². The van der Waals surface area contributed by atoms with Crippen molar-refractivity contribution in [3.05, 3.63) is 197 Å². The number of aromatic nitrogens is 2. The van der Waals surface area contributed by atoms with Crippen LogP contribution in [-0.4, -0.2) is 22.1 Å². The summed E-state index contributed by atoms with van der Waals surface area (Å²) >= 11 is 25.6. The Morgan fingerprint density at radius 2 is 0.731 bits per heavy atom. The average Bonchev–Trinajstić information content (AvgIpc) is 3.99. The summed E-state index contributed by atoms with van der Waals surface area (Å²) in [7, 11) is 0. The lowest BCUT2D eigenvalue weighted by Gasteiger charge is -2.20. The zero-order chi connectivity index (χ0) is 35.3. The molecule has 3 aliphatic rings. The van der Waals surface area contributed by atoms with Gasteiger partial charge in [0.1, 0.15) is 0 Å². The van der Waals surface area contributed by atoms with Gasteiger partial charge in [-0.2, -0.15) is 0 Å². The molecule has 0 saturated carbocycles. The second kappa shape index (κ2) is 13.8. The molecular weight excluding hydrogens is 726 g/mol. The van der Waals surface area contributed by atoms with E-state index in [0.29, 0.717) is 20.1 Å². The van der Waals surface area contributed by atoms with Gasteiger partial charge in [0, 0.05) is 75.9 Å². The lowest BCUT2D eigenvalue weighted by molar-refractivity contribution is 0.756. The van der Waals surface area contributed by atoms with Gasteiger partial charge in [0.15, 0.2) is 0 Å². The number of fused-ring (bicyclic) bond motifs is 8. The van der Waals surface area contributed by atoms with Gasteiger partial charge >= 0.3 is 0 Å². The van der Waals surface area contributed by atoms with Gasteiger partial charge in [0.2, 0.25) is 0 Å². The zero-order valence-corrected chi connectivity index (χ0v) is 31.1. The highest BCUT2D eigenvalue weighted by Gasteiger charge is 2.31. The van der Waals surface area contributed by atoms with Crippen molar-refractivity contribution in [2.24, 2.45) is 0 Å². The van der Waals surface area contributed by atoms with E-state index >= 15 is 0 Å². The van der Waals surface area contributed by atoms with Crippen LogP contribution >= 0.6 is 46.4 Å². The van der Waals surface area contributed by atoms with Crippen molar-refractivity contribution in [2.45, 2.75) is 37.8 Å². The molecule has 52 heavy (non-hydrogen) atoms. The number of rotatable bonds is 4. The molecule has 9 rings (SSSR count). The first-order valence-electron chi connectivity index (χ1n) is 17.5. The van der Waals surface area contributed by atoms with Crippen molar-refractivity contribution in [3.8, 4) is 0 Å². The molecule has 4 nitrogen and oxygen atoms in total. The summed E-state index contributed by atoms with van der Waals surface area (Å²) in [5, 5.41) is 13.0. The van der Waals surface area contributed by atoms with E-state index in [1.165, 1.54) is 22.5 Å². The van der Waals surface area contributed by atoms with Crippen LogP contribution in [0, 0.1) is 0 Å². The first-order valence-corrected chi connectivity index (χ1v) is 19.1. The van der Waals surface area contributed by atoms with Crippen LogP contribution in [0.4, 0.5) is 0 Å². The fraction of sp³-hybridized carbons (Fsp3) is 0.136. The molecule has 8 heteroatoms. The Morgan fingerprint density at radius 1 is 0.385 bits per heavy atom. The summed E-state index contributed by atoms with van der Waals surface area (Å²) in [6.07, 6.45) is 3.59. The van der Waals surface area contributed by atoms with Crippen LogP contribution in [0.3, 0.4) is 0 Å². The maximum Gasteiger partial charge on any atom is 0.0541 e. The van der Waals surface area contributed by atoms with E-state index in [-0.39, 0.29) is 12.1 Å². The summed E-state index contributed by atoms with van der Waals surface area (Å²) in [5.41, 5.74) is 13.6. The maximum absolute atomic E-state index is 6.41. The maximum atomic E-state index is 6.41. The minimum absolute atomic E-state index is 0.0482. The van der Waals surface area contributed by atoms with E-state index in [9.17, 15) is 0 Å². The zero-order valence-electron chi connectivity index (χ0n) is 28.0. The predicted molar refractivity (Wildman–Crippen MR) is 216 cm³/mol. The van der Waals surface area contributed by atoms with Gasteiger partial charge in [-0.3, -0.25) is 0 Å². The molecule has 4 N–H and O–H groups in total. The van der Waals surface area contributed by atoms with Gasteiger partial charge in [-0.25, -0.2) is 0 Å². The quantitative estimate of drug-likeness (QED) is 0.145. The highest BCUT2D eigenvalue weighted by molar-refractivity contribution is 6.31. The van der Waals surface area contributed by atoms with Crippen LogP contribution in [0.1, 0.15) is 59.3 Å². The van der Waals surface area contributed by atoms with Crippen molar-refractivity contribution in [1.29, 1.82) is 0 Å². The second-order valence-corrected chi connectivity index (χ2v) is 15.4. The van der Waals surface area contributed by atoms with Crippen LogP contribution in [0.5, 0.6) is 0 Å².